The minimum atomic E-state index is 0.181. The number of aromatic nitrogens is 5. The van der Waals surface area contributed by atoms with Crippen molar-refractivity contribution in [3.8, 4) is 17.1 Å². The number of hydrogen-bond acceptors (Lipinski definition) is 6. The lowest BCUT2D eigenvalue weighted by molar-refractivity contribution is 0.174. The summed E-state index contributed by atoms with van der Waals surface area (Å²) in [5, 5.41) is 9.47. The Hall–Kier alpha value is -2.71. The van der Waals surface area contributed by atoms with Gasteiger partial charge in [0, 0.05) is 17.7 Å². The summed E-state index contributed by atoms with van der Waals surface area (Å²) < 4.78 is 15.6. The summed E-state index contributed by atoms with van der Waals surface area (Å²) in [6.07, 6.45) is 6.49. The van der Waals surface area contributed by atoms with Crippen LogP contribution in [0.25, 0.3) is 17.1 Å². The zero-order chi connectivity index (χ0) is 22.9. The predicted molar refractivity (Wildman–Crippen MR) is 127 cm³/mol. The predicted octanol–water partition coefficient (Wildman–Crippen LogP) is 4.65. The molecule has 33 heavy (non-hydrogen) atoms. The molecule has 4 heterocycles. The van der Waals surface area contributed by atoms with Gasteiger partial charge in [-0.05, 0) is 30.5 Å². The third-order valence-electron chi connectivity index (χ3n) is 6.53. The van der Waals surface area contributed by atoms with E-state index < -0.39 is 0 Å². The standard InChI is InChI=1S/C24H29ClN6O2/c1-4-6-15(5-2)9-17-12-33-24(27-17)22-20-11-30-21(13-32-3)28-29-23(30)18-10-16(25)7-8-19(18)31(20)14-26-22/h7-8,10,14-15,17H,4-6,9,11-13H2,1-3H3/t15?,17-/m0/s1. The van der Waals surface area contributed by atoms with Crippen molar-refractivity contribution in [2.45, 2.75) is 58.7 Å². The monoisotopic (exact) mass is 468 g/mol. The second-order valence-corrected chi connectivity index (χ2v) is 9.16. The van der Waals surface area contributed by atoms with Crippen LogP contribution in [0, 0.1) is 5.92 Å². The Bertz CT molecular complexity index is 1180. The van der Waals surface area contributed by atoms with Crippen LogP contribution < -0.4 is 0 Å². The number of fused-ring (bicyclic) bond motifs is 5. The van der Waals surface area contributed by atoms with Crippen molar-refractivity contribution < 1.29 is 9.47 Å². The van der Waals surface area contributed by atoms with Gasteiger partial charge in [0.05, 0.1) is 24.0 Å². The van der Waals surface area contributed by atoms with E-state index >= 15 is 0 Å². The molecule has 2 atom stereocenters. The largest absolute Gasteiger partial charge is 0.474 e. The van der Waals surface area contributed by atoms with Crippen LogP contribution in [-0.4, -0.2) is 50.0 Å². The van der Waals surface area contributed by atoms with E-state index in [0.29, 0.717) is 36.6 Å². The molecule has 0 amide bonds. The van der Waals surface area contributed by atoms with Crippen molar-refractivity contribution in [1.82, 2.24) is 24.3 Å². The number of benzene rings is 1. The minimum absolute atomic E-state index is 0.181. The molecule has 0 N–H and O–H groups in total. The summed E-state index contributed by atoms with van der Waals surface area (Å²) in [5.74, 6) is 2.81. The summed E-state index contributed by atoms with van der Waals surface area (Å²) in [5.41, 5.74) is 3.60. The maximum atomic E-state index is 6.35. The van der Waals surface area contributed by atoms with Gasteiger partial charge in [0.25, 0.3) is 0 Å². The Balaban J connectivity index is 1.55. The highest BCUT2D eigenvalue weighted by Crippen LogP contribution is 2.35. The molecule has 1 unspecified atom stereocenters. The van der Waals surface area contributed by atoms with Gasteiger partial charge in [-0.1, -0.05) is 44.7 Å². The van der Waals surface area contributed by atoms with E-state index in [-0.39, 0.29) is 6.04 Å². The first-order valence-corrected chi connectivity index (χ1v) is 12.0. The van der Waals surface area contributed by atoms with Gasteiger partial charge in [0.15, 0.2) is 11.6 Å². The highest BCUT2D eigenvalue weighted by Gasteiger charge is 2.31. The van der Waals surface area contributed by atoms with Crippen molar-refractivity contribution in [1.29, 1.82) is 0 Å². The third-order valence-corrected chi connectivity index (χ3v) is 6.76. The molecule has 0 radical (unpaired) electrons. The van der Waals surface area contributed by atoms with E-state index in [9.17, 15) is 0 Å². The van der Waals surface area contributed by atoms with E-state index in [1.165, 1.54) is 19.3 Å². The van der Waals surface area contributed by atoms with E-state index in [1.807, 2.05) is 24.5 Å². The Labute approximate surface area is 198 Å². The maximum absolute atomic E-state index is 6.35. The first-order chi connectivity index (χ1) is 16.1. The van der Waals surface area contributed by atoms with Crippen molar-refractivity contribution in [3.63, 3.8) is 0 Å². The Kier molecular flexibility index (Phi) is 6.21. The molecule has 0 saturated carbocycles. The zero-order valence-corrected chi connectivity index (χ0v) is 20.0. The number of aliphatic imine (C=N–C) groups is 1. The SMILES string of the molecule is CCCC(CC)C[C@H]1COC(c2ncn3c2Cn2c(COC)nnc2-c2cc(Cl)ccc2-3)=N1. The van der Waals surface area contributed by atoms with Crippen LogP contribution in [0.15, 0.2) is 29.5 Å². The van der Waals surface area contributed by atoms with Crippen LogP contribution in [0.3, 0.4) is 0 Å². The summed E-state index contributed by atoms with van der Waals surface area (Å²) in [6, 6.07) is 5.97. The molecule has 0 fully saturated rings. The van der Waals surface area contributed by atoms with Gasteiger partial charge in [-0.15, -0.1) is 10.2 Å². The van der Waals surface area contributed by atoms with Gasteiger partial charge < -0.3 is 14.0 Å². The molecule has 2 aliphatic rings. The molecule has 0 saturated heterocycles. The van der Waals surface area contributed by atoms with Gasteiger partial charge in [-0.2, -0.15) is 0 Å². The molecule has 0 aliphatic carbocycles. The number of nitrogens with zero attached hydrogens (tertiary/aromatic N) is 6. The molecule has 2 aliphatic heterocycles. The molecule has 8 nitrogen and oxygen atoms in total. The topological polar surface area (TPSA) is 79.4 Å². The summed E-state index contributed by atoms with van der Waals surface area (Å²) >= 11 is 6.35. The van der Waals surface area contributed by atoms with E-state index in [2.05, 4.69) is 33.2 Å². The second kappa shape index (κ2) is 9.27. The van der Waals surface area contributed by atoms with Crippen molar-refractivity contribution in [2.75, 3.05) is 13.7 Å². The average Bonchev–Trinajstić information content (AvgIpc) is 3.52. The van der Waals surface area contributed by atoms with E-state index in [4.69, 9.17) is 31.1 Å². The molecule has 9 heteroatoms. The Morgan fingerprint density at radius 1 is 1.27 bits per heavy atom. The van der Waals surface area contributed by atoms with Gasteiger partial charge in [0.1, 0.15) is 25.2 Å². The molecule has 0 spiro atoms. The van der Waals surface area contributed by atoms with Crippen LogP contribution in [0.1, 0.15) is 56.7 Å². The first-order valence-electron chi connectivity index (χ1n) is 11.6. The van der Waals surface area contributed by atoms with Crippen LogP contribution >= 0.6 is 11.6 Å². The fourth-order valence-electron chi connectivity index (χ4n) is 4.84. The zero-order valence-electron chi connectivity index (χ0n) is 19.3. The Morgan fingerprint density at radius 2 is 2.15 bits per heavy atom. The number of halogens is 1. The van der Waals surface area contributed by atoms with Crippen molar-refractivity contribution in [2.24, 2.45) is 10.9 Å². The molecule has 1 aromatic carbocycles. The van der Waals surface area contributed by atoms with Crippen LogP contribution in [-0.2, 0) is 22.6 Å². The van der Waals surface area contributed by atoms with Gasteiger partial charge in [-0.25, -0.2) is 9.98 Å². The molecule has 5 rings (SSSR count). The lowest BCUT2D eigenvalue weighted by Gasteiger charge is -2.15. The Morgan fingerprint density at radius 3 is 2.94 bits per heavy atom. The van der Waals surface area contributed by atoms with Crippen LogP contribution in [0.2, 0.25) is 5.02 Å². The van der Waals surface area contributed by atoms with Crippen LogP contribution in [0.5, 0.6) is 0 Å². The smallest absolute Gasteiger partial charge is 0.237 e. The van der Waals surface area contributed by atoms with Gasteiger partial charge in [0.2, 0.25) is 5.90 Å². The van der Waals surface area contributed by atoms with Gasteiger partial charge in [-0.3, -0.25) is 4.57 Å². The summed E-state index contributed by atoms with van der Waals surface area (Å²) in [7, 11) is 1.65. The van der Waals surface area contributed by atoms with Crippen molar-refractivity contribution in [3.05, 3.63) is 46.8 Å². The summed E-state index contributed by atoms with van der Waals surface area (Å²) in [6.45, 7) is 6.00. The molecule has 3 aromatic rings. The minimum Gasteiger partial charge on any atom is -0.474 e. The third kappa shape index (κ3) is 4.06. The highest BCUT2D eigenvalue weighted by molar-refractivity contribution is 6.31. The first kappa shape index (κ1) is 22.1. The quantitative estimate of drug-likeness (QED) is 0.376. The number of hydrogen-bond donors (Lipinski definition) is 0. The molecular formula is C24H29ClN6O2. The fraction of sp³-hybridized carbons (Fsp3) is 0.500. The number of ether oxygens (including phenoxy) is 2. The molecule has 2 aromatic heterocycles. The molecular weight excluding hydrogens is 440 g/mol. The number of imidazole rings is 1. The highest BCUT2D eigenvalue weighted by atomic mass is 35.5. The van der Waals surface area contributed by atoms with E-state index in [1.54, 1.807) is 7.11 Å². The second-order valence-electron chi connectivity index (χ2n) is 8.73. The number of methoxy groups -OCH3 is 1. The lowest BCUT2D eigenvalue weighted by atomic mass is 9.93. The molecule has 0 bridgehead atoms. The lowest BCUT2D eigenvalue weighted by Crippen LogP contribution is -2.13. The summed E-state index contributed by atoms with van der Waals surface area (Å²) in [4.78, 5) is 9.68. The van der Waals surface area contributed by atoms with Gasteiger partial charge >= 0.3 is 0 Å². The number of rotatable bonds is 8. The van der Waals surface area contributed by atoms with Crippen LogP contribution in [0.4, 0.5) is 0 Å². The maximum Gasteiger partial charge on any atom is 0.237 e. The normalized spacial score (nSPS) is 17.6. The van der Waals surface area contributed by atoms with E-state index in [0.717, 1.165) is 40.7 Å². The fourth-order valence-corrected chi connectivity index (χ4v) is 5.01. The average molecular weight is 469 g/mol. The molecule has 174 valence electrons. The van der Waals surface area contributed by atoms with Crippen molar-refractivity contribution >= 4 is 17.5 Å².